The van der Waals surface area contributed by atoms with Crippen molar-refractivity contribution in [1.29, 1.82) is 0 Å². The fraction of sp³-hybridized carbons (Fsp3) is 0.318. The predicted octanol–water partition coefficient (Wildman–Crippen LogP) is 4.53. The van der Waals surface area contributed by atoms with Crippen molar-refractivity contribution in [1.82, 2.24) is 4.57 Å². The molecule has 0 amide bonds. The molecule has 2 unspecified atom stereocenters. The lowest BCUT2D eigenvalue weighted by Crippen LogP contribution is -2.25. The minimum atomic E-state index is -0.824. The number of aliphatic carboxylic acids is 1. The number of carboxylic acid groups (broad SMARTS) is 1. The molecule has 3 aromatic rings. The van der Waals surface area contributed by atoms with Crippen LogP contribution >= 0.6 is 0 Å². The third-order valence-corrected chi connectivity index (χ3v) is 5.26. The van der Waals surface area contributed by atoms with Gasteiger partial charge in [-0.05, 0) is 30.5 Å². The second-order valence-electron chi connectivity index (χ2n) is 6.87. The molecule has 2 heterocycles. The Morgan fingerprint density at radius 3 is 2.62 bits per heavy atom. The molecular formula is C22H23NO3. The molecule has 1 aliphatic rings. The van der Waals surface area contributed by atoms with Crippen LogP contribution in [0.1, 0.15) is 42.2 Å². The Hall–Kier alpha value is -2.59. The molecule has 26 heavy (non-hydrogen) atoms. The van der Waals surface area contributed by atoms with Gasteiger partial charge in [0.05, 0.1) is 18.7 Å². The van der Waals surface area contributed by atoms with Gasteiger partial charge in [0.25, 0.3) is 0 Å². The summed E-state index contributed by atoms with van der Waals surface area (Å²) in [6, 6.07) is 18.8. The highest BCUT2D eigenvalue weighted by Gasteiger charge is 2.34. The summed E-state index contributed by atoms with van der Waals surface area (Å²) in [7, 11) is 0. The second-order valence-corrected chi connectivity index (χ2v) is 6.87. The average molecular weight is 349 g/mol. The Kier molecular flexibility index (Phi) is 4.51. The zero-order valence-electron chi connectivity index (χ0n) is 14.9. The van der Waals surface area contributed by atoms with Crippen molar-refractivity contribution < 1.29 is 14.6 Å². The highest BCUT2D eigenvalue weighted by Crippen LogP contribution is 2.43. The standard InChI is InChI=1S/C22H23NO3/c1-2-23-18-11-7-6-10-17(18)21-16(12-15-8-4-3-5-9-15)14-26-19(22(21)23)13-20(24)25/h3-11,16,19H,2,12-14H2,1H3,(H,24,25). The number of benzene rings is 2. The fourth-order valence-electron chi connectivity index (χ4n) is 4.24. The molecule has 0 radical (unpaired) electrons. The van der Waals surface area contributed by atoms with E-state index in [1.165, 1.54) is 22.0 Å². The normalized spacial score (nSPS) is 19.4. The molecule has 0 spiro atoms. The first kappa shape index (κ1) is 16.9. The number of nitrogens with zero attached hydrogens (tertiary/aromatic N) is 1. The number of carbonyl (C=O) groups is 1. The minimum absolute atomic E-state index is 0.00137. The Labute approximate surface area is 153 Å². The smallest absolute Gasteiger partial charge is 0.306 e. The van der Waals surface area contributed by atoms with Gasteiger partial charge in [-0.2, -0.15) is 0 Å². The number of ether oxygens (including phenoxy) is 1. The van der Waals surface area contributed by atoms with E-state index in [0.29, 0.717) is 6.61 Å². The molecule has 0 aliphatic carbocycles. The Balaban J connectivity index is 1.86. The van der Waals surface area contributed by atoms with Gasteiger partial charge in [0.15, 0.2) is 0 Å². The van der Waals surface area contributed by atoms with Crippen molar-refractivity contribution in [3.63, 3.8) is 0 Å². The maximum atomic E-state index is 11.4. The van der Waals surface area contributed by atoms with Gasteiger partial charge in [-0.15, -0.1) is 0 Å². The summed E-state index contributed by atoms with van der Waals surface area (Å²) in [6.07, 6.45) is 0.508. The van der Waals surface area contributed by atoms with Crippen LogP contribution in [0.15, 0.2) is 54.6 Å². The molecule has 0 saturated carbocycles. The lowest BCUT2D eigenvalue weighted by molar-refractivity contribution is -0.141. The quantitative estimate of drug-likeness (QED) is 0.736. The average Bonchev–Trinajstić information content (AvgIpc) is 2.99. The van der Waals surface area contributed by atoms with Gasteiger partial charge in [0.1, 0.15) is 6.10 Å². The van der Waals surface area contributed by atoms with Gasteiger partial charge in [0.2, 0.25) is 0 Å². The number of rotatable bonds is 5. The van der Waals surface area contributed by atoms with Crippen LogP contribution in [0.4, 0.5) is 0 Å². The van der Waals surface area contributed by atoms with Gasteiger partial charge in [-0.1, -0.05) is 48.5 Å². The monoisotopic (exact) mass is 349 g/mol. The van der Waals surface area contributed by atoms with Crippen molar-refractivity contribution in [3.05, 3.63) is 71.4 Å². The molecular weight excluding hydrogens is 326 g/mol. The molecule has 2 aromatic carbocycles. The van der Waals surface area contributed by atoms with E-state index in [2.05, 4.69) is 54.0 Å². The number of hydrogen-bond donors (Lipinski definition) is 1. The number of aromatic nitrogens is 1. The zero-order valence-corrected chi connectivity index (χ0v) is 14.9. The van der Waals surface area contributed by atoms with E-state index in [9.17, 15) is 9.90 Å². The van der Waals surface area contributed by atoms with Crippen LogP contribution < -0.4 is 0 Å². The third-order valence-electron chi connectivity index (χ3n) is 5.26. The largest absolute Gasteiger partial charge is 0.481 e. The van der Waals surface area contributed by atoms with Crippen LogP contribution in [-0.4, -0.2) is 22.2 Å². The molecule has 1 aromatic heterocycles. The van der Waals surface area contributed by atoms with Crippen LogP contribution in [0.5, 0.6) is 0 Å². The van der Waals surface area contributed by atoms with Gasteiger partial charge in [0, 0.05) is 23.4 Å². The van der Waals surface area contributed by atoms with E-state index < -0.39 is 5.97 Å². The summed E-state index contributed by atoms with van der Waals surface area (Å²) >= 11 is 0. The van der Waals surface area contributed by atoms with Crippen LogP contribution in [-0.2, 0) is 22.5 Å². The van der Waals surface area contributed by atoms with Crippen molar-refractivity contribution in [2.75, 3.05) is 6.61 Å². The minimum Gasteiger partial charge on any atom is -0.481 e. The van der Waals surface area contributed by atoms with Crippen molar-refractivity contribution >= 4 is 16.9 Å². The first-order valence-corrected chi connectivity index (χ1v) is 9.17. The van der Waals surface area contributed by atoms with Crippen LogP contribution in [0, 0.1) is 0 Å². The van der Waals surface area contributed by atoms with Gasteiger partial charge < -0.3 is 14.4 Å². The van der Waals surface area contributed by atoms with Crippen LogP contribution in [0.3, 0.4) is 0 Å². The number of hydrogen-bond acceptors (Lipinski definition) is 2. The lowest BCUT2D eigenvalue weighted by Gasteiger charge is -2.31. The lowest BCUT2D eigenvalue weighted by atomic mass is 9.87. The molecule has 4 nitrogen and oxygen atoms in total. The second kappa shape index (κ2) is 6.96. The summed E-state index contributed by atoms with van der Waals surface area (Å²) < 4.78 is 8.30. The predicted molar refractivity (Wildman–Crippen MR) is 101 cm³/mol. The number of para-hydroxylation sites is 1. The molecule has 0 bridgehead atoms. The molecule has 4 heteroatoms. The summed E-state index contributed by atoms with van der Waals surface area (Å²) in [5.41, 5.74) is 4.75. The number of fused-ring (bicyclic) bond motifs is 3. The number of carboxylic acids is 1. The van der Waals surface area contributed by atoms with Gasteiger partial charge in [-0.3, -0.25) is 4.79 Å². The summed E-state index contributed by atoms with van der Waals surface area (Å²) in [6.45, 7) is 3.45. The van der Waals surface area contributed by atoms with E-state index in [4.69, 9.17) is 4.74 Å². The first-order chi connectivity index (χ1) is 12.7. The first-order valence-electron chi connectivity index (χ1n) is 9.17. The Bertz CT molecular complexity index is 929. The van der Waals surface area contributed by atoms with Crippen LogP contribution in [0.2, 0.25) is 0 Å². The molecule has 0 fully saturated rings. The van der Waals surface area contributed by atoms with E-state index in [-0.39, 0.29) is 18.4 Å². The Morgan fingerprint density at radius 1 is 1.15 bits per heavy atom. The SMILES string of the molecule is CCn1c2c(c3ccccc31)C(Cc1ccccc1)COC2CC(=O)O. The van der Waals surface area contributed by atoms with Gasteiger partial charge in [-0.25, -0.2) is 0 Å². The Morgan fingerprint density at radius 2 is 1.88 bits per heavy atom. The molecule has 1 N–H and O–H groups in total. The van der Waals surface area contributed by atoms with Crippen molar-refractivity contribution in [2.45, 2.75) is 38.3 Å². The topological polar surface area (TPSA) is 51.5 Å². The van der Waals surface area contributed by atoms with Crippen LogP contribution in [0.25, 0.3) is 10.9 Å². The molecule has 4 rings (SSSR count). The molecule has 2 atom stereocenters. The van der Waals surface area contributed by atoms with E-state index in [0.717, 1.165) is 18.7 Å². The molecule has 0 saturated heterocycles. The fourth-order valence-corrected chi connectivity index (χ4v) is 4.24. The number of aryl methyl sites for hydroxylation is 1. The van der Waals surface area contributed by atoms with E-state index in [1.54, 1.807) is 0 Å². The maximum Gasteiger partial charge on any atom is 0.306 e. The third kappa shape index (κ3) is 2.90. The maximum absolute atomic E-state index is 11.4. The highest BCUT2D eigenvalue weighted by atomic mass is 16.5. The van der Waals surface area contributed by atoms with E-state index in [1.807, 2.05) is 12.1 Å². The highest BCUT2D eigenvalue weighted by molar-refractivity contribution is 5.87. The van der Waals surface area contributed by atoms with Gasteiger partial charge >= 0.3 is 5.97 Å². The zero-order chi connectivity index (χ0) is 18.1. The summed E-state index contributed by atoms with van der Waals surface area (Å²) in [5, 5.41) is 10.6. The van der Waals surface area contributed by atoms with Crippen molar-refractivity contribution in [3.8, 4) is 0 Å². The summed E-state index contributed by atoms with van der Waals surface area (Å²) in [5.74, 6) is -0.592. The summed E-state index contributed by atoms with van der Waals surface area (Å²) in [4.78, 5) is 11.4. The van der Waals surface area contributed by atoms with Crippen molar-refractivity contribution in [2.24, 2.45) is 0 Å². The van der Waals surface area contributed by atoms with E-state index >= 15 is 0 Å². The molecule has 134 valence electrons. The molecule has 1 aliphatic heterocycles.